The van der Waals surface area contributed by atoms with Gasteiger partial charge in [0.1, 0.15) is 0 Å². The summed E-state index contributed by atoms with van der Waals surface area (Å²) < 4.78 is 32.0. The summed E-state index contributed by atoms with van der Waals surface area (Å²) in [5.41, 5.74) is 2.13. The highest BCUT2D eigenvalue weighted by molar-refractivity contribution is 7.85. The van der Waals surface area contributed by atoms with Crippen LogP contribution in [0.25, 0.3) is 0 Å². The molecule has 1 aromatic rings. The Morgan fingerprint density at radius 1 is 1.25 bits per heavy atom. The Bertz CT molecular complexity index is 767. The lowest BCUT2D eigenvalue weighted by molar-refractivity contribution is -0.137. The SMILES string of the molecule is C=C1N(CCCCCC(=O)O)c2ccc(S(=O)(=O)O)cc2C1(C)C. The number of carbonyl (C=O) groups is 1. The van der Waals surface area contributed by atoms with Crippen LogP contribution >= 0.6 is 0 Å². The number of rotatable bonds is 7. The van der Waals surface area contributed by atoms with E-state index in [1.165, 1.54) is 12.1 Å². The highest BCUT2D eigenvalue weighted by Gasteiger charge is 2.39. The first-order chi connectivity index (χ1) is 11.0. The van der Waals surface area contributed by atoms with Crippen molar-refractivity contribution in [3.05, 3.63) is 36.0 Å². The second-order valence-corrected chi connectivity index (χ2v) is 8.00. The van der Waals surface area contributed by atoms with E-state index in [1.807, 2.05) is 18.7 Å². The summed E-state index contributed by atoms with van der Waals surface area (Å²) in [6, 6.07) is 4.58. The van der Waals surface area contributed by atoms with Crippen LogP contribution in [0.1, 0.15) is 45.1 Å². The number of aliphatic carboxylic acids is 1. The number of fused-ring (bicyclic) bond motifs is 1. The molecule has 1 aliphatic rings. The number of nitrogens with zero attached hydrogens (tertiary/aromatic N) is 1. The Labute approximate surface area is 142 Å². The van der Waals surface area contributed by atoms with Crippen LogP contribution in [-0.4, -0.2) is 30.6 Å². The summed E-state index contributed by atoms with van der Waals surface area (Å²) in [6.07, 6.45) is 2.42. The molecule has 24 heavy (non-hydrogen) atoms. The van der Waals surface area contributed by atoms with E-state index in [9.17, 15) is 17.8 Å². The van der Waals surface area contributed by atoms with E-state index in [0.29, 0.717) is 13.0 Å². The number of anilines is 1. The zero-order valence-electron chi connectivity index (χ0n) is 13.9. The molecule has 0 spiro atoms. The van der Waals surface area contributed by atoms with E-state index in [4.69, 9.17) is 5.11 Å². The zero-order chi connectivity index (χ0) is 18.1. The topological polar surface area (TPSA) is 94.9 Å². The Kier molecular flexibility index (Phi) is 5.05. The van der Waals surface area contributed by atoms with Gasteiger partial charge < -0.3 is 10.0 Å². The van der Waals surface area contributed by atoms with E-state index in [-0.39, 0.29) is 11.3 Å². The average molecular weight is 353 g/mol. The van der Waals surface area contributed by atoms with Gasteiger partial charge in [0, 0.05) is 29.8 Å². The molecule has 0 aromatic heterocycles. The van der Waals surface area contributed by atoms with Crippen LogP contribution in [0.5, 0.6) is 0 Å². The van der Waals surface area contributed by atoms with Gasteiger partial charge in [0.2, 0.25) is 0 Å². The molecule has 2 N–H and O–H groups in total. The second kappa shape index (κ2) is 6.57. The van der Waals surface area contributed by atoms with Crippen LogP contribution in [0.3, 0.4) is 0 Å². The first-order valence-corrected chi connectivity index (χ1v) is 9.30. The van der Waals surface area contributed by atoms with Gasteiger partial charge in [-0.15, -0.1) is 0 Å². The van der Waals surface area contributed by atoms with Crippen molar-refractivity contribution < 1.29 is 22.9 Å². The normalized spacial score (nSPS) is 16.3. The molecule has 7 heteroatoms. The molecule has 0 bridgehead atoms. The summed E-state index contributed by atoms with van der Waals surface area (Å²) in [7, 11) is -4.25. The van der Waals surface area contributed by atoms with Crippen LogP contribution < -0.4 is 4.90 Å². The first-order valence-electron chi connectivity index (χ1n) is 7.86. The van der Waals surface area contributed by atoms with E-state index in [0.717, 1.165) is 29.8 Å². The van der Waals surface area contributed by atoms with Crippen molar-refractivity contribution in [2.75, 3.05) is 11.4 Å². The van der Waals surface area contributed by atoms with Gasteiger partial charge in [0.05, 0.1) is 4.90 Å². The quantitative estimate of drug-likeness (QED) is 0.577. The molecule has 0 saturated carbocycles. The first kappa shape index (κ1) is 18.5. The lowest BCUT2D eigenvalue weighted by atomic mass is 9.84. The van der Waals surface area contributed by atoms with Crippen molar-refractivity contribution in [3.8, 4) is 0 Å². The molecule has 6 nitrogen and oxygen atoms in total. The molecule has 1 aromatic carbocycles. The van der Waals surface area contributed by atoms with Gasteiger partial charge in [0.15, 0.2) is 0 Å². The van der Waals surface area contributed by atoms with Crippen LogP contribution in [0, 0.1) is 0 Å². The van der Waals surface area contributed by atoms with Gasteiger partial charge in [-0.3, -0.25) is 9.35 Å². The maximum atomic E-state index is 11.4. The standard InChI is InChI=1S/C17H23NO5S/c1-12-17(2,3)14-11-13(24(21,22)23)8-9-15(14)18(12)10-6-4-5-7-16(19)20/h8-9,11H,1,4-7,10H2,2-3H3,(H,19,20)(H,21,22,23). The number of hydrogen-bond donors (Lipinski definition) is 2. The minimum Gasteiger partial charge on any atom is -0.481 e. The second-order valence-electron chi connectivity index (χ2n) is 6.58. The zero-order valence-corrected chi connectivity index (χ0v) is 14.8. The molecule has 0 radical (unpaired) electrons. The average Bonchev–Trinajstić information content (AvgIpc) is 2.66. The monoisotopic (exact) mass is 353 g/mol. The highest BCUT2D eigenvalue weighted by Crippen LogP contribution is 2.47. The molecule has 132 valence electrons. The lowest BCUT2D eigenvalue weighted by Gasteiger charge is -2.25. The summed E-state index contributed by atoms with van der Waals surface area (Å²) >= 11 is 0. The minimum atomic E-state index is -4.25. The third-order valence-electron chi connectivity index (χ3n) is 4.55. The van der Waals surface area contributed by atoms with Gasteiger partial charge in [-0.05, 0) is 36.6 Å². The molecule has 0 unspecified atom stereocenters. The number of hydrogen-bond acceptors (Lipinski definition) is 4. The van der Waals surface area contributed by atoms with Gasteiger partial charge in [-0.1, -0.05) is 26.8 Å². The molecular weight excluding hydrogens is 330 g/mol. The van der Waals surface area contributed by atoms with Gasteiger partial charge in [-0.25, -0.2) is 0 Å². The molecule has 1 heterocycles. The molecule has 1 aliphatic heterocycles. The Balaban J connectivity index is 2.19. The maximum Gasteiger partial charge on any atom is 0.303 e. The lowest BCUT2D eigenvalue weighted by Crippen LogP contribution is -2.26. The minimum absolute atomic E-state index is 0.120. The molecule has 0 atom stereocenters. The summed E-state index contributed by atoms with van der Waals surface area (Å²) in [4.78, 5) is 12.5. The molecular formula is C17H23NO5S. The van der Waals surface area contributed by atoms with Crippen molar-refractivity contribution in [1.29, 1.82) is 0 Å². The molecule has 0 saturated heterocycles. The fourth-order valence-corrected chi connectivity index (χ4v) is 3.53. The predicted molar refractivity (Wildman–Crippen MR) is 91.9 cm³/mol. The summed E-state index contributed by atoms with van der Waals surface area (Å²) in [5, 5.41) is 8.66. The van der Waals surface area contributed by atoms with Crippen LogP contribution in [0.2, 0.25) is 0 Å². The molecule has 0 fully saturated rings. The van der Waals surface area contributed by atoms with Crippen LogP contribution in [-0.2, 0) is 20.3 Å². The van der Waals surface area contributed by atoms with Crippen molar-refractivity contribution in [2.45, 2.75) is 49.8 Å². The van der Waals surface area contributed by atoms with E-state index >= 15 is 0 Å². The number of carboxylic acid groups (broad SMARTS) is 1. The Hall–Kier alpha value is -1.86. The van der Waals surface area contributed by atoms with Crippen molar-refractivity contribution >= 4 is 21.8 Å². The summed E-state index contributed by atoms with van der Waals surface area (Å²) in [6.45, 7) is 8.77. The smallest absolute Gasteiger partial charge is 0.303 e. The third kappa shape index (κ3) is 3.62. The summed E-state index contributed by atoms with van der Waals surface area (Å²) in [5.74, 6) is -0.787. The number of benzene rings is 1. The molecule has 0 amide bonds. The third-order valence-corrected chi connectivity index (χ3v) is 5.40. The largest absolute Gasteiger partial charge is 0.481 e. The van der Waals surface area contributed by atoms with Crippen LogP contribution in [0.4, 0.5) is 5.69 Å². The Morgan fingerprint density at radius 2 is 1.92 bits per heavy atom. The van der Waals surface area contributed by atoms with Crippen LogP contribution in [0.15, 0.2) is 35.4 Å². The van der Waals surface area contributed by atoms with E-state index < -0.39 is 21.5 Å². The van der Waals surface area contributed by atoms with Gasteiger partial charge in [0.25, 0.3) is 10.1 Å². The van der Waals surface area contributed by atoms with Crippen molar-refractivity contribution in [3.63, 3.8) is 0 Å². The van der Waals surface area contributed by atoms with Gasteiger partial charge in [-0.2, -0.15) is 8.42 Å². The van der Waals surface area contributed by atoms with Crippen molar-refractivity contribution in [2.24, 2.45) is 0 Å². The maximum absolute atomic E-state index is 11.4. The fourth-order valence-electron chi connectivity index (χ4n) is 3.03. The predicted octanol–water partition coefficient (Wildman–Crippen LogP) is 3.19. The molecule has 2 rings (SSSR count). The van der Waals surface area contributed by atoms with E-state index in [2.05, 4.69) is 6.58 Å². The highest BCUT2D eigenvalue weighted by atomic mass is 32.2. The van der Waals surface area contributed by atoms with Gasteiger partial charge >= 0.3 is 5.97 Å². The Morgan fingerprint density at radius 3 is 2.50 bits per heavy atom. The van der Waals surface area contributed by atoms with E-state index in [1.54, 1.807) is 6.07 Å². The number of carboxylic acids is 1. The number of unbranched alkanes of at least 4 members (excludes halogenated alkanes) is 2. The van der Waals surface area contributed by atoms with Crippen molar-refractivity contribution in [1.82, 2.24) is 0 Å². The molecule has 0 aliphatic carbocycles. The number of allylic oxidation sites excluding steroid dienone is 1. The fraction of sp³-hybridized carbons (Fsp3) is 0.471.